The van der Waals surface area contributed by atoms with Crippen LogP contribution in [0.5, 0.6) is 6.01 Å². The Hall–Kier alpha value is -3.62. The second kappa shape index (κ2) is 8.59. The molecule has 0 unspecified atom stereocenters. The molecule has 2 aromatic heterocycles. The Balaban J connectivity index is 1.52. The minimum absolute atomic E-state index is 0.241. The van der Waals surface area contributed by atoms with Crippen molar-refractivity contribution in [1.29, 1.82) is 0 Å². The molecule has 1 aliphatic heterocycles. The van der Waals surface area contributed by atoms with Crippen molar-refractivity contribution < 1.29 is 13.9 Å². The van der Waals surface area contributed by atoms with Gasteiger partial charge >= 0.3 is 6.01 Å². The fourth-order valence-electron chi connectivity index (χ4n) is 2.88. The summed E-state index contributed by atoms with van der Waals surface area (Å²) in [7, 11) is 0. The van der Waals surface area contributed by atoms with E-state index in [9.17, 15) is 0 Å². The molecular formula is C20H22N6O3. The van der Waals surface area contributed by atoms with E-state index in [2.05, 4.69) is 30.6 Å². The first-order valence-electron chi connectivity index (χ1n) is 9.49. The zero-order valence-corrected chi connectivity index (χ0v) is 16.3. The summed E-state index contributed by atoms with van der Waals surface area (Å²) >= 11 is 0. The van der Waals surface area contributed by atoms with E-state index in [1.165, 1.54) is 0 Å². The van der Waals surface area contributed by atoms with Gasteiger partial charge in [0, 0.05) is 5.69 Å². The highest BCUT2D eigenvalue weighted by molar-refractivity contribution is 5.88. The summed E-state index contributed by atoms with van der Waals surface area (Å²) in [5.41, 5.74) is 2.83. The highest BCUT2D eigenvalue weighted by atomic mass is 16.5. The van der Waals surface area contributed by atoms with Gasteiger partial charge in [0.15, 0.2) is 5.90 Å². The molecule has 1 aliphatic rings. The van der Waals surface area contributed by atoms with Crippen molar-refractivity contribution in [1.82, 2.24) is 15.0 Å². The quantitative estimate of drug-likeness (QED) is 0.593. The lowest BCUT2D eigenvalue weighted by Crippen LogP contribution is -2.09. The fraction of sp³-hybridized carbons (Fsp3) is 0.300. The Kier molecular flexibility index (Phi) is 5.55. The molecule has 1 aromatic carbocycles. The average molecular weight is 394 g/mol. The molecule has 0 bridgehead atoms. The number of ether oxygens (including phenoxy) is 2. The van der Waals surface area contributed by atoms with Crippen LogP contribution in [0.4, 0.5) is 23.3 Å². The Morgan fingerprint density at radius 2 is 1.90 bits per heavy atom. The number of fused-ring (bicyclic) bond motifs is 1. The van der Waals surface area contributed by atoms with Crippen LogP contribution in [-0.2, 0) is 17.7 Å². The molecule has 0 atom stereocenters. The van der Waals surface area contributed by atoms with E-state index in [-0.39, 0.29) is 6.01 Å². The summed E-state index contributed by atoms with van der Waals surface area (Å²) in [5.74, 6) is 2.28. The number of rotatable bonds is 8. The summed E-state index contributed by atoms with van der Waals surface area (Å²) in [5, 5.41) is 6.32. The van der Waals surface area contributed by atoms with Crippen LogP contribution in [0.2, 0.25) is 0 Å². The molecular weight excluding hydrogens is 372 g/mol. The largest absolute Gasteiger partial charge is 0.481 e. The van der Waals surface area contributed by atoms with Gasteiger partial charge in [0.25, 0.3) is 0 Å². The normalized spacial score (nSPS) is 12.3. The maximum atomic E-state index is 5.52. The van der Waals surface area contributed by atoms with E-state index >= 15 is 0 Å². The van der Waals surface area contributed by atoms with Crippen LogP contribution in [-0.4, -0.2) is 34.1 Å². The maximum absolute atomic E-state index is 5.52. The number of hydrogen-bond donors (Lipinski definition) is 2. The minimum atomic E-state index is 0.241. The van der Waals surface area contributed by atoms with Crippen molar-refractivity contribution in [3.05, 3.63) is 47.9 Å². The van der Waals surface area contributed by atoms with Crippen LogP contribution in [0.3, 0.4) is 0 Å². The summed E-state index contributed by atoms with van der Waals surface area (Å²) in [6.07, 6.45) is 2.33. The SMILES string of the molecule is CCOC1=Nc2cc(Nc3nc(NCc4ccco4)nc(OCC)n3)ccc2C1. The summed E-state index contributed by atoms with van der Waals surface area (Å²) in [6, 6.07) is 9.87. The van der Waals surface area contributed by atoms with Gasteiger partial charge in [0.2, 0.25) is 11.9 Å². The molecule has 2 N–H and O–H groups in total. The fourth-order valence-corrected chi connectivity index (χ4v) is 2.88. The molecule has 9 heteroatoms. The molecule has 0 saturated carbocycles. The summed E-state index contributed by atoms with van der Waals surface area (Å²) < 4.78 is 16.3. The Morgan fingerprint density at radius 1 is 1.03 bits per heavy atom. The number of aromatic nitrogens is 3. The number of aliphatic imine (C=N–C) groups is 1. The molecule has 0 amide bonds. The first-order valence-corrected chi connectivity index (χ1v) is 9.49. The molecule has 0 radical (unpaired) electrons. The van der Waals surface area contributed by atoms with Gasteiger partial charge in [-0.3, -0.25) is 0 Å². The van der Waals surface area contributed by atoms with Crippen LogP contribution in [0.25, 0.3) is 0 Å². The van der Waals surface area contributed by atoms with Crippen LogP contribution in [0, 0.1) is 0 Å². The lowest BCUT2D eigenvalue weighted by Gasteiger charge is -2.10. The number of benzene rings is 1. The van der Waals surface area contributed by atoms with Gasteiger partial charge in [0.1, 0.15) is 5.76 Å². The zero-order valence-electron chi connectivity index (χ0n) is 16.3. The third-order valence-electron chi connectivity index (χ3n) is 4.13. The molecule has 0 fully saturated rings. The lowest BCUT2D eigenvalue weighted by molar-refractivity contribution is 0.312. The predicted octanol–water partition coefficient (Wildman–Crippen LogP) is 3.84. The van der Waals surface area contributed by atoms with Crippen molar-refractivity contribution in [3.63, 3.8) is 0 Å². The number of hydrogen-bond acceptors (Lipinski definition) is 9. The first kappa shape index (κ1) is 18.7. The summed E-state index contributed by atoms with van der Waals surface area (Å²) in [4.78, 5) is 17.5. The van der Waals surface area contributed by atoms with Gasteiger partial charge in [-0.25, -0.2) is 4.99 Å². The van der Waals surface area contributed by atoms with E-state index in [1.54, 1.807) is 6.26 Å². The van der Waals surface area contributed by atoms with E-state index in [4.69, 9.17) is 13.9 Å². The molecule has 29 heavy (non-hydrogen) atoms. The van der Waals surface area contributed by atoms with Gasteiger partial charge < -0.3 is 24.5 Å². The van der Waals surface area contributed by atoms with Gasteiger partial charge in [-0.05, 0) is 43.7 Å². The van der Waals surface area contributed by atoms with Gasteiger partial charge in [0.05, 0.1) is 38.1 Å². The van der Waals surface area contributed by atoms with Crippen LogP contribution in [0.15, 0.2) is 46.0 Å². The van der Waals surface area contributed by atoms with E-state index in [0.717, 1.165) is 28.6 Å². The average Bonchev–Trinajstić information content (AvgIpc) is 3.36. The second-order valence-electron chi connectivity index (χ2n) is 6.21. The Labute approximate surface area is 168 Å². The minimum Gasteiger partial charge on any atom is -0.481 e. The van der Waals surface area contributed by atoms with Crippen LogP contribution < -0.4 is 15.4 Å². The van der Waals surface area contributed by atoms with Crippen molar-refractivity contribution in [2.75, 3.05) is 23.8 Å². The molecule has 0 aliphatic carbocycles. The van der Waals surface area contributed by atoms with Crippen molar-refractivity contribution in [2.24, 2.45) is 4.99 Å². The third kappa shape index (κ3) is 4.63. The molecule has 9 nitrogen and oxygen atoms in total. The first-order chi connectivity index (χ1) is 14.2. The van der Waals surface area contributed by atoms with Crippen LogP contribution >= 0.6 is 0 Å². The molecule has 4 rings (SSSR count). The van der Waals surface area contributed by atoms with E-state index in [0.29, 0.717) is 38.1 Å². The third-order valence-corrected chi connectivity index (χ3v) is 4.13. The zero-order chi connectivity index (χ0) is 20.1. The lowest BCUT2D eigenvalue weighted by atomic mass is 10.1. The van der Waals surface area contributed by atoms with E-state index in [1.807, 2.05) is 44.2 Å². The molecule has 0 spiro atoms. The topological polar surface area (TPSA) is 107 Å². The van der Waals surface area contributed by atoms with Crippen molar-refractivity contribution in [2.45, 2.75) is 26.8 Å². The van der Waals surface area contributed by atoms with Crippen molar-refractivity contribution >= 4 is 29.2 Å². The van der Waals surface area contributed by atoms with E-state index < -0.39 is 0 Å². The molecule has 0 saturated heterocycles. The van der Waals surface area contributed by atoms with Crippen molar-refractivity contribution in [3.8, 4) is 6.01 Å². The number of nitrogens with zero attached hydrogens (tertiary/aromatic N) is 4. The molecule has 3 heterocycles. The number of furan rings is 1. The highest BCUT2D eigenvalue weighted by Gasteiger charge is 2.16. The molecule has 3 aromatic rings. The van der Waals surface area contributed by atoms with Crippen LogP contribution in [0.1, 0.15) is 25.2 Å². The predicted molar refractivity (Wildman–Crippen MR) is 109 cm³/mol. The maximum Gasteiger partial charge on any atom is 0.323 e. The smallest absolute Gasteiger partial charge is 0.323 e. The number of nitrogens with one attached hydrogen (secondary N) is 2. The van der Waals surface area contributed by atoms with Gasteiger partial charge in [-0.15, -0.1) is 0 Å². The standard InChI is InChI=1S/C20H22N6O3/c1-3-27-17-10-13-7-8-14(11-16(13)23-17)22-19-24-18(25-20(26-19)28-4-2)21-12-15-6-5-9-29-15/h5-9,11H,3-4,10,12H2,1-2H3,(H2,21,22,24,25,26). The highest BCUT2D eigenvalue weighted by Crippen LogP contribution is 2.31. The Morgan fingerprint density at radius 3 is 2.69 bits per heavy atom. The number of anilines is 3. The monoisotopic (exact) mass is 394 g/mol. The Bertz CT molecular complexity index is 1000. The second-order valence-corrected chi connectivity index (χ2v) is 6.21. The van der Waals surface area contributed by atoms with Gasteiger partial charge in [-0.1, -0.05) is 6.07 Å². The molecule has 150 valence electrons. The van der Waals surface area contributed by atoms with Gasteiger partial charge in [-0.2, -0.15) is 15.0 Å². The summed E-state index contributed by atoms with van der Waals surface area (Å²) in [6.45, 7) is 5.34.